The summed E-state index contributed by atoms with van der Waals surface area (Å²) in [6.45, 7) is 0.300. The molecule has 6 nitrogen and oxygen atoms in total. The fraction of sp³-hybridized carbons (Fsp3) is 0.375. The second kappa shape index (κ2) is 3.07. The van der Waals surface area contributed by atoms with Gasteiger partial charge in [0.1, 0.15) is 10.6 Å². The van der Waals surface area contributed by atoms with Crippen molar-refractivity contribution < 1.29 is 13.5 Å². The molecule has 0 atom stereocenters. The van der Waals surface area contributed by atoms with E-state index in [1.54, 1.807) is 0 Å². The van der Waals surface area contributed by atoms with Crippen LogP contribution in [0.15, 0.2) is 15.8 Å². The van der Waals surface area contributed by atoms with Crippen molar-refractivity contribution in [2.24, 2.45) is 0 Å². The van der Waals surface area contributed by atoms with E-state index in [1.807, 2.05) is 0 Å². The Kier molecular flexibility index (Phi) is 2.09. The summed E-state index contributed by atoms with van der Waals surface area (Å²) in [4.78, 5) is 13.3. The molecule has 2 heterocycles. The molecule has 2 rings (SSSR count). The van der Waals surface area contributed by atoms with Gasteiger partial charge in [0.25, 0.3) is 5.56 Å². The fourth-order valence-corrected chi connectivity index (χ4v) is 3.03. The Labute approximate surface area is 86.2 Å². The maximum Gasteiger partial charge on any atom is 0.251 e. The number of nitrogens with zero attached hydrogens (tertiary/aromatic N) is 1. The molecule has 1 aliphatic rings. The van der Waals surface area contributed by atoms with Crippen LogP contribution < -0.4 is 5.56 Å². The average molecular weight is 230 g/mol. The lowest BCUT2D eigenvalue weighted by molar-refractivity contribution is 0.421. The Bertz CT molecular complexity index is 560. The SMILES string of the molecule is CN1CCc2[nH]c(=O)cc(O)c2S1(=O)=O. The molecule has 7 heteroatoms. The lowest BCUT2D eigenvalue weighted by Gasteiger charge is -2.24. The minimum absolute atomic E-state index is 0.184. The smallest absolute Gasteiger partial charge is 0.251 e. The van der Waals surface area contributed by atoms with E-state index in [4.69, 9.17) is 0 Å². The number of H-pyrrole nitrogens is 1. The van der Waals surface area contributed by atoms with Crippen LogP contribution in [0.2, 0.25) is 0 Å². The predicted molar refractivity (Wildman–Crippen MR) is 52.2 cm³/mol. The molecular weight excluding hydrogens is 220 g/mol. The van der Waals surface area contributed by atoms with Crippen LogP contribution in [0.1, 0.15) is 5.69 Å². The molecule has 0 aliphatic carbocycles. The van der Waals surface area contributed by atoms with Gasteiger partial charge in [-0.25, -0.2) is 12.7 Å². The second-order valence-electron chi connectivity index (χ2n) is 3.40. The molecule has 2 N–H and O–H groups in total. The Hall–Kier alpha value is -1.34. The molecule has 0 fully saturated rings. The van der Waals surface area contributed by atoms with Gasteiger partial charge in [-0.3, -0.25) is 4.79 Å². The summed E-state index contributed by atoms with van der Waals surface area (Å²) in [5.74, 6) is -0.486. The van der Waals surface area contributed by atoms with Crippen molar-refractivity contribution in [1.29, 1.82) is 0 Å². The molecule has 0 saturated heterocycles. The van der Waals surface area contributed by atoms with Gasteiger partial charge in [-0.15, -0.1) is 0 Å². The van der Waals surface area contributed by atoms with Gasteiger partial charge in [0, 0.05) is 31.8 Å². The van der Waals surface area contributed by atoms with Gasteiger partial charge in [-0.2, -0.15) is 0 Å². The van der Waals surface area contributed by atoms with Crippen molar-refractivity contribution in [2.45, 2.75) is 11.3 Å². The number of hydrogen-bond donors (Lipinski definition) is 2. The highest BCUT2D eigenvalue weighted by Gasteiger charge is 2.32. The minimum Gasteiger partial charge on any atom is -0.506 e. The molecular formula is C8H10N2O4S. The zero-order valence-corrected chi connectivity index (χ0v) is 8.84. The molecule has 0 unspecified atom stereocenters. The highest BCUT2D eigenvalue weighted by atomic mass is 32.2. The van der Waals surface area contributed by atoms with E-state index >= 15 is 0 Å². The van der Waals surface area contributed by atoms with Crippen LogP contribution in [0.5, 0.6) is 5.75 Å². The highest BCUT2D eigenvalue weighted by Crippen LogP contribution is 2.29. The van der Waals surface area contributed by atoms with E-state index in [1.165, 1.54) is 7.05 Å². The molecule has 0 bridgehead atoms. The molecule has 82 valence electrons. The molecule has 1 aromatic rings. The maximum absolute atomic E-state index is 11.8. The van der Waals surface area contributed by atoms with Crippen molar-refractivity contribution >= 4 is 10.0 Å². The van der Waals surface area contributed by atoms with Crippen LogP contribution in [0, 0.1) is 0 Å². The van der Waals surface area contributed by atoms with Gasteiger partial charge in [0.05, 0.1) is 0 Å². The largest absolute Gasteiger partial charge is 0.506 e. The standard InChI is InChI=1S/C8H10N2O4S/c1-10-3-2-5-8(15(10,13)14)6(11)4-7(12)9-5/h4H,2-3H2,1H3,(H2,9,11,12). The summed E-state index contributed by atoms with van der Waals surface area (Å²) in [5.41, 5.74) is -0.218. The quantitative estimate of drug-likeness (QED) is 0.614. The van der Waals surface area contributed by atoms with E-state index in [-0.39, 0.29) is 10.6 Å². The Balaban J connectivity index is 2.81. The zero-order valence-electron chi connectivity index (χ0n) is 8.02. The number of rotatable bonds is 0. The fourth-order valence-electron chi connectivity index (χ4n) is 1.60. The van der Waals surface area contributed by atoms with Crippen LogP contribution in [0.3, 0.4) is 0 Å². The average Bonchev–Trinajstić information content (AvgIpc) is 2.10. The van der Waals surface area contributed by atoms with Crippen LogP contribution in [-0.2, 0) is 16.4 Å². The molecule has 0 saturated carbocycles. The topological polar surface area (TPSA) is 90.5 Å². The Morgan fingerprint density at radius 2 is 2.20 bits per heavy atom. The second-order valence-corrected chi connectivity index (χ2v) is 5.38. The lowest BCUT2D eigenvalue weighted by atomic mass is 10.2. The zero-order chi connectivity index (χ0) is 11.2. The minimum atomic E-state index is -3.66. The number of hydrogen-bond acceptors (Lipinski definition) is 4. The summed E-state index contributed by atoms with van der Waals surface area (Å²) in [6.07, 6.45) is 0.398. The van der Waals surface area contributed by atoms with E-state index in [9.17, 15) is 18.3 Å². The van der Waals surface area contributed by atoms with Gasteiger partial charge in [0.2, 0.25) is 10.0 Å². The first-order valence-corrected chi connectivity index (χ1v) is 5.78. The summed E-state index contributed by atoms with van der Waals surface area (Å²) in [6, 6.07) is 0.871. The van der Waals surface area contributed by atoms with Gasteiger partial charge in [-0.05, 0) is 0 Å². The van der Waals surface area contributed by atoms with Crippen molar-refractivity contribution in [3.05, 3.63) is 22.1 Å². The number of fused-ring (bicyclic) bond motifs is 1. The predicted octanol–water partition coefficient (Wildman–Crippen LogP) is -0.743. The molecule has 0 radical (unpaired) electrons. The van der Waals surface area contributed by atoms with E-state index in [0.29, 0.717) is 13.0 Å². The van der Waals surface area contributed by atoms with Crippen LogP contribution in [0.25, 0.3) is 0 Å². The first kappa shape index (κ1) is 10.2. The number of sulfonamides is 1. The summed E-state index contributed by atoms with van der Waals surface area (Å²) in [5, 5.41) is 9.46. The molecule has 1 aliphatic heterocycles. The highest BCUT2D eigenvalue weighted by molar-refractivity contribution is 7.89. The monoisotopic (exact) mass is 230 g/mol. The Morgan fingerprint density at radius 3 is 2.87 bits per heavy atom. The number of aromatic amines is 1. The molecule has 0 amide bonds. The van der Waals surface area contributed by atoms with Crippen molar-refractivity contribution in [1.82, 2.24) is 9.29 Å². The first-order valence-electron chi connectivity index (χ1n) is 4.34. The summed E-state index contributed by atoms with van der Waals surface area (Å²) < 4.78 is 24.7. The summed E-state index contributed by atoms with van der Waals surface area (Å²) >= 11 is 0. The number of aromatic nitrogens is 1. The normalized spacial score (nSPS) is 19.8. The van der Waals surface area contributed by atoms with Gasteiger partial charge < -0.3 is 10.1 Å². The maximum atomic E-state index is 11.8. The van der Waals surface area contributed by atoms with Crippen molar-refractivity contribution in [2.75, 3.05) is 13.6 Å². The van der Waals surface area contributed by atoms with Crippen LogP contribution >= 0.6 is 0 Å². The van der Waals surface area contributed by atoms with E-state index < -0.39 is 21.3 Å². The molecule has 0 spiro atoms. The van der Waals surface area contributed by atoms with Gasteiger partial charge in [0.15, 0.2) is 0 Å². The van der Waals surface area contributed by atoms with Crippen LogP contribution in [-0.4, -0.2) is 36.4 Å². The lowest BCUT2D eigenvalue weighted by Crippen LogP contribution is -2.35. The third-order valence-electron chi connectivity index (χ3n) is 2.39. The van der Waals surface area contributed by atoms with Crippen molar-refractivity contribution in [3.8, 4) is 5.75 Å². The van der Waals surface area contributed by atoms with Crippen LogP contribution in [0.4, 0.5) is 0 Å². The van der Waals surface area contributed by atoms with E-state index in [2.05, 4.69) is 4.98 Å². The van der Waals surface area contributed by atoms with Gasteiger partial charge in [-0.1, -0.05) is 0 Å². The number of nitrogens with one attached hydrogen (secondary N) is 1. The Morgan fingerprint density at radius 1 is 1.53 bits per heavy atom. The third kappa shape index (κ3) is 1.44. The van der Waals surface area contributed by atoms with Gasteiger partial charge >= 0.3 is 0 Å². The van der Waals surface area contributed by atoms with E-state index in [0.717, 1.165) is 10.4 Å². The molecule has 15 heavy (non-hydrogen) atoms. The number of pyridine rings is 1. The third-order valence-corrected chi connectivity index (χ3v) is 4.37. The molecule has 1 aromatic heterocycles. The summed E-state index contributed by atoms with van der Waals surface area (Å²) in [7, 11) is -2.22. The molecule has 0 aromatic carbocycles. The first-order chi connectivity index (χ1) is 6.93. The van der Waals surface area contributed by atoms with Crippen molar-refractivity contribution in [3.63, 3.8) is 0 Å². The number of likely N-dealkylation sites (N-methyl/N-ethyl adjacent to an activating group) is 1. The number of aromatic hydroxyl groups is 1.